The van der Waals surface area contributed by atoms with Crippen molar-refractivity contribution in [1.29, 1.82) is 0 Å². The topological polar surface area (TPSA) is 80.7 Å². The van der Waals surface area contributed by atoms with Crippen LogP contribution in [0.4, 0.5) is 5.69 Å². The third-order valence-electron chi connectivity index (χ3n) is 5.94. The predicted molar refractivity (Wildman–Crippen MR) is 129 cm³/mol. The van der Waals surface area contributed by atoms with Gasteiger partial charge < -0.3 is 10.3 Å². The van der Waals surface area contributed by atoms with Crippen LogP contribution in [0.1, 0.15) is 31.2 Å². The number of benzene rings is 2. The molecule has 2 aliphatic rings. The molecule has 1 aliphatic carbocycles. The van der Waals surface area contributed by atoms with E-state index in [0.717, 1.165) is 53.0 Å². The van der Waals surface area contributed by atoms with E-state index >= 15 is 0 Å². The number of thioether (sulfide) groups is 1. The molecule has 0 radical (unpaired) electrons. The van der Waals surface area contributed by atoms with Gasteiger partial charge in [-0.25, -0.2) is 4.99 Å². The molecule has 1 saturated heterocycles. The molecule has 2 N–H and O–H groups in total. The molecule has 0 spiro atoms. The quantitative estimate of drug-likeness (QED) is 0.581. The Kier molecular flexibility index (Phi) is 5.57. The molecule has 3 aromatic rings. The van der Waals surface area contributed by atoms with Gasteiger partial charge in [-0.2, -0.15) is 0 Å². The molecular weight excluding hydrogens is 420 g/mol. The second-order valence-electron chi connectivity index (χ2n) is 8.15. The maximum absolute atomic E-state index is 13.5. The Bertz CT molecular complexity index is 1240. The third-order valence-corrected chi connectivity index (χ3v) is 6.92. The summed E-state index contributed by atoms with van der Waals surface area (Å²) in [6.45, 7) is 0.0969. The molecule has 0 bridgehead atoms. The average Bonchev–Trinajstić information content (AvgIpc) is 3.49. The zero-order chi connectivity index (χ0) is 22.1. The van der Waals surface area contributed by atoms with Gasteiger partial charge in [-0.05, 0) is 48.9 Å². The summed E-state index contributed by atoms with van der Waals surface area (Å²) in [7, 11) is 0. The Morgan fingerprint density at radius 1 is 1.09 bits per heavy atom. The largest absolute Gasteiger partial charge is 0.368 e. The number of fused-ring (bicyclic) bond motifs is 1. The molecular formula is C25H24N4O2S. The van der Waals surface area contributed by atoms with E-state index in [4.69, 9.17) is 10.7 Å². The van der Waals surface area contributed by atoms with Crippen molar-refractivity contribution in [2.45, 2.75) is 38.3 Å². The maximum Gasteiger partial charge on any atom is 0.267 e. The molecule has 1 aromatic heterocycles. The zero-order valence-corrected chi connectivity index (χ0v) is 18.4. The molecule has 5 rings (SSSR count). The second kappa shape index (κ2) is 8.67. The molecule has 0 unspecified atom stereocenters. The minimum absolute atomic E-state index is 0.00307. The van der Waals surface area contributed by atoms with Crippen LogP contribution in [0.3, 0.4) is 0 Å². The SMILES string of the molecule is NC(=O)Cn1cc(C=C2SC(=Nc3ccccc3)N(C3CCCC3)C2=O)c2ccccc21. The van der Waals surface area contributed by atoms with Gasteiger partial charge in [0.25, 0.3) is 5.91 Å². The van der Waals surface area contributed by atoms with Crippen molar-refractivity contribution in [3.63, 3.8) is 0 Å². The first kappa shape index (κ1) is 20.6. The van der Waals surface area contributed by atoms with E-state index in [0.29, 0.717) is 4.91 Å². The summed E-state index contributed by atoms with van der Waals surface area (Å²) in [6.07, 6.45) is 8.09. The number of aromatic nitrogens is 1. The van der Waals surface area contributed by atoms with Crippen LogP contribution in [-0.2, 0) is 16.1 Å². The van der Waals surface area contributed by atoms with Crippen molar-refractivity contribution in [2.75, 3.05) is 0 Å². The Morgan fingerprint density at radius 2 is 1.81 bits per heavy atom. The third kappa shape index (κ3) is 3.96. The standard InChI is InChI=1S/C25H24N4O2S/c26-23(30)16-28-15-17(20-12-6-7-13-21(20)28)14-22-24(31)29(19-10-4-5-11-19)25(32-22)27-18-8-2-1-3-9-18/h1-3,6-9,12-15,19H,4-5,10-11,16H2,(H2,26,30). The van der Waals surface area contributed by atoms with Gasteiger partial charge in [0.2, 0.25) is 5.91 Å². The van der Waals surface area contributed by atoms with Crippen LogP contribution in [0.15, 0.2) is 70.7 Å². The van der Waals surface area contributed by atoms with Gasteiger partial charge in [-0.15, -0.1) is 0 Å². The summed E-state index contributed by atoms with van der Waals surface area (Å²) in [6, 6.07) is 17.8. The lowest BCUT2D eigenvalue weighted by atomic mass is 10.1. The highest BCUT2D eigenvalue weighted by atomic mass is 32.2. The summed E-state index contributed by atoms with van der Waals surface area (Å²) in [5.41, 5.74) is 8.08. The first-order valence-electron chi connectivity index (χ1n) is 10.8. The van der Waals surface area contributed by atoms with E-state index in [2.05, 4.69) is 0 Å². The lowest BCUT2D eigenvalue weighted by molar-refractivity contribution is -0.123. The van der Waals surface area contributed by atoms with E-state index in [1.54, 1.807) is 0 Å². The first-order chi connectivity index (χ1) is 15.6. The summed E-state index contributed by atoms with van der Waals surface area (Å²) < 4.78 is 1.84. The first-order valence-corrected chi connectivity index (χ1v) is 11.6. The second-order valence-corrected chi connectivity index (χ2v) is 9.16. The number of primary amides is 1. The van der Waals surface area contributed by atoms with Crippen LogP contribution < -0.4 is 5.73 Å². The molecule has 1 saturated carbocycles. The van der Waals surface area contributed by atoms with Crippen molar-refractivity contribution in [2.24, 2.45) is 10.7 Å². The summed E-state index contributed by atoms with van der Waals surface area (Å²) >= 11 is 1.42. The number of nitrogens with zero attached hydrogens (tertiary/aromatic N) is 3. The number of carbonyl (C=O) groups excluding carboxylic acids is 2. The number of amides is 2. The lowest BCUT2D eigenvalue weighted by Crippen LogP contribution is -2.37. The molecule has 6 nitrogen and oxygen atoms in total. The van der Waals surface area contributed by atoms with Gasteiger partial charge in [0, 0.05) is 28.7 Å². The number of hydrogen-bond acceptors (Lipinski definition) is 4. The van der Waals surface area contributed by atoms with Crippen molar-refractivity contribution in [3.8, 4) is 0 Å². The fraction of sp³-hybridized carbons (Fsp3) is 0.240. The van der Waals surface area contributed by atoms with Crippen LogP contribution in [-0.4, -0.2) is 32.5 Å². The monoisotopic (exact) mass is 444 g/mol. The highest BCUT2D eigenvalue weighted by molar-refractivity contribution is 8.18. The van der Waals surface area contributed by atoms with Gasteiger partial charge in [0.1, 0.15) is 6.54 Å². The number of para-hydroxylation sites is 2. The number of rotatable bonds is 5. The van der Waals surface area contributed by atoms with Crippen molar-refractivity contribution < 1.29 is 9.59 Å². The highest BCUT2D eigenvalue weighted by Gasteiger charge is 2.39. The van der Waals surface area contributed by atoms with Gasteiger partial charge in [-0.3, -0.25) is 14.5 Å². The van der Waals surface area contributed by atoms with Crippen molar-refractivity contribution in [1.82, 2.24) is 9.47 Å². The molecule has 7 heteroatoms. The smallest absolute Gasteiger partial charge is 0.267 e. The Balaban J connectivity index is 1.56. The van der Waals surface area contributed by atoms with E-state index in [1.807, 2.05) is 76.3 Å². The number of hydrogen-bond donors (Lipinski definition) is 1. The summed E-state index contributed by atoms with van der Waals surface area (Å²) in [4.78, 5) is 32.4. The normalized spacial score (nSPS) is 19.6. The lowest BCUT2D eigenvalue weighted by Gasteiger charge is -2.22. The van der Waals surface area contributed by atoms with Gasteiger partial charge in [-0.1, -0.05) is 49.2 Å². The molecule has 0 atom stereocenters. The molecule has 2 aromatic carbocycles. The number of aliphatic imine (C=N–C) groups is 1. The summed E-state index contributed by atoms with van der Waals surface area (Å²) in [5, 5.41) is 1.72. The fourth-order valence-electron chi connectivity index (χ4n) is 4.49. The van der Waals surface area contributed by atoms with Crippen molar-refractivity contribution in [3.05, 3.63) is 71.3 Å². The van der Waals surface area contributed by atoms with Crippen LogP contribution in [0.25, 0.3) is 17.0 Å². The van der Waals surface area contributed by atoms with Crippen LogP contribution in [0, 0.1) is 0 Å². The molecule has 2 amide bonds. The number of amidine groups is 1. The van der Waals surface area contributed by atoms with E-state index in [9.17, 15) is 9.59 Å². The van der Waals surface area contributed by atoms with Gasteiger partial charge in [0.05, 0.1) is 10.6 Å². The van der Waals surface area contributed by atoms with Crippen LogP contribution >= 0.6 is 11.8 Å². The minimum atomic E-state index is -0.402. The van der Waals surface area contributed by atoms with E-state index in [1.165, 1.54) is 11.8 Å². The number of carbonyl (C=O) groups is 2. The number of nitrogens with two attached hydrogens (primary N) is 1. The minimum Gasteiger partial charge on any atom is -0.368 e. The van der Waals surface area contributed by atoms with Crippen LogP contribution in [0.2, 0.25) is 0 Å². The van der Waals surface area contributed by atoms with Crippen molar-refractivity contribution >= 4 is 51.4 Å². The maximum atomic E-state index is 13.5. The molecule has 162 valence electrons. The fourth-order valence-corrected chi connectivity index (χ4v) is 5.54. The average molecular weight is 445 g/mol. The van der Waals surface area contributed by atoms with Crippen LogP contribution in [0.5, 0.6) is 0 Å². The summed E-state index contributed by atoms with van der Waals surface area (Å²) in [5.74, 6) is -0.399. The van der Waals surface area contributed by atoms with Gasteiger partial charge in [0.15, 0.2) is 5.17 Å². The van der Waals surface area contributed by atoms with E-state index < -0.39 is 5.91 Å². The molecule has 2 fully saturated rings. The Hall–Kier alpha value is -3.32. The molecule has 32 heavy (non-hydrogen) atoms. The molecule has 2 heterocycles. The highest BCUT2D eigenvalue weighted by Crippen LogP contribution is 2.39. The Labute approximate surface area is 190 Å². The van der Waals surface area contributed by atoms with Gasteiger partial charge >= 0.3 is 0 Å². The Morgan fingerprint density at radius 3 is 2.56 bits per heavy atom. The predicted octanol–water partition coefficient (Wildman–Crippen LogP) is 4.67. The zero-order valence-electron chi connectivity index (χ0n) is 17.6. The van der Waals surface area contributed by atoms with E-state index in [-0.39, 0.29) is 18.5 Å². The molecule has 1 aliphatic heterocycles.